The van der Waals surface area contributed by atoms with E-state index in [4.69, 9.17) is 0 Å². The number of halogens is 1. The van der Waals surface area contributed by atoms with Gasteiger partial charge in [0, 0.05) is 17.2 Å². The van der Waals surface area contributed by atoms with Gasteiger partial charge in [0.2, 0.25) is 0 Å². The molecular formula is C14H12FN. The third-order valence-corrected chi connectivity index (χ3v) is 3.39. The van der Waals surface area contributed by atoms with Crippen molar-refractivity contribution in [3.63, 3.8) is 0 Å². The molecule has 0 amide bonds. The van der Waals surface area contributed by atoms with Crippen LogP contribution < -0.4 is 0 Å². The van der Waals surface area contributed by atoms with Gasteiger partial charge in [0.1, 0.15) is 5.82 Å². The summed E-state index contributed by atoms with van der Waals surface area (Å²) in [5.41, 5.74) is 4.10. The maximum Gasteiger partial charge on any atom is 0.123 e. The third-order valence-electron chi connectivity index (χ3n) is 3.39. The van der Waals surface area contributed by atoms with Gasteiger partial charge < -0.3 is 0 Å². The average Bonchev–Trinajstić information content (AvgIpc) is 2.49. The maximum atomic E-state index is 13.3. The average molecular weight is 213 g/mol. The zero-order chi connectivity index (χ0) is 11.3. The number of pyridine rings is 1. The van der Waals surface area contributed by atoms with Crippen molar-refractivity contribution in [3.05, 3.63) is 53.5 Å². The van der Waals surface area contributed by atoms with E-state index in [1.807, 2.05) is 12.1 Å². The molecule has 1 aliphatic carbocycles. The lowest BCUT2D eigenvalue weighted by Gasteiger charge is -2.20. The van der Waals surface area contributed by atoms with Crippen LogP contribution in [0.4, 0.5) is 4.39 Å². The molecule has 2 heteroatoms. The summed E-state index contributed by atoms with van der Waals surface area (Å²) in [6.45, 7) is 4.22. The number of benzene rings is 1. The Kier molecular flexibility index (Phi) is 1.73. The second-order valence-corrected chi connectivity index (χ2v) is 4.71. The van der Waals surface area contributed by atoms with Gasteiger partial charge in [-0.1, -0.05) is 19.9 Å². The molecule has 0 fully saturated rings. The predicted molar refractivity (Wildman–Crippen MR) is 61.8 cm³/mol. The Hall–Kier alpha value is -1.70. The molecule has 1 aromatic carbocycles. The molecule has 0 radical (unpaired) electrons. The van der Waals surface area contributed by atoms with Crippen molar-refractivity contribution in [3.8, 4) is 11.3 Å². The number of hydrogen-bond acceptors (Lipinski definition) is 1. The summed E-state index contributed by atoms with van der Waals surface area (Å²) in [6, 6.07) is 8.95. The first kappa shape index (κ1) is 9.52. The van der Waals surface area contributed by atoms with Crippen LogP contribution in [0.1, 0.15) is 25.0 Å². The number of rotatable bonds is 0. The quantitative estimate of drug-likeness (QED) is 0.652. The largest absolute Gasteiger partial charge is 0.256 e. The first-order chi connectivity index (χ1) is 7.60. The second-order valence-electron chi connectivity index (χ2n) is 4.71. The lowest BCUT2D eigenvalue weighted by Crippen LogP contribution is -2.15. The van der Waals surface area contributed by atoms with Gasteiger partial charge in [-0.05, 0) is 35.4 Å². The molecule has 1 nitrogen and oxygen atoms in total. The highest BCUT2D eigenvalue weighted by Gasteiger charge is 2.36. The van der Waals surface area contributed by atoms with Crippen molar-refractivity contribution in [2.24, 2.45) is 0 Å². The number of aromatic nitrogens is 1. The fraction of sp³-hybridized carbons (Fsp3) is 0.214. The molecule has 1 heterocycles. The molecule has 0 spiro atoms. The van der Waals surface area contributed by atoms with Crippen LogP contribution in [0.3, 0.4) is 0 Å². The van der Waals surface area contributed by atoms with Gasteiger partial charge in [-0.15, -0.1) is 0 Å². The molecule has 80 valence electrons. The third kappa shape index (κ3) is 1.07. The summed E-state index contributed by atoms with van der Waals surface area (Å²) >= 11 is 0. The SMILES string of the molecule is CC1(C)c2cc(F)ccc2-c2ncccc21. The Labute approximate surface area is 94.0 Å². The standard InChI is InChI=1S/C14H12FN/c1-14(2)11-4-3-7-16-13(11)10-6-5-9(15)8-12(10)14/h3-8H,1-2H3. The zero-order valence-corrected chi connectivity index (χ0v) is 9.29. The van der Waals surface area contributed by atoms with Crippen molar-refractivity contribution in [2.75, 3.05) is 0 Å². The summed E-state index contributed by atoms with van der Waals surface area (Å²) in [6.07, 6.45) is 1.79. The highest BCUT2D eigenvalue weighted by Crippen LogP contribution is 2.47. The van der Waals surface area contributed by atoms with E-state index in [9.17, 15) is 4.39 Å². The summed E-state index contributed by atoms with van der Waals surface area (Å²) in [4.78, 5) is 4.40. The molecular weight excluding hydrogens is 201 g/mol. The van der Waals surface area contributed by atoms with Crippen LogP contribution in [-0.4, -0.2) is 4.98 Å². The molecule has 0 aliphatic heterocycles. The molecule has 0 N–H and O–H groups in total. The minimum absolute atomic E-state index is 0.152. The Morgan fingerprint density at radius 3 is 2.75 bits per heavy atom. The first-order valence-electron chi connectivity index (χ1n) is 5.36. The van der Waals surface area contributed by atoms with Crippen molar-refractivity contribution in [1.82, 2.24) is 4.98 Å². The maximum absolute atomic E-state index is 13.3. The summed E-state index contributed by atoms with van der Waals surface area (Å²) in [5, 5.41) is 0. The molecule has 0 saturated heterocycles. The van der Waals surface area contributed by atoms with Crippen LogP contribution in [0.15, 0.2) is 36.5 Å². The second kappa shape index (κ2) is 2.91. The predicted octanol–water partition coefficient (Wildman–Crippen LogP) is 3.53. The molecule has 0 saturated carbocycles. The van der Waals surface area contributed by atoms with Crippen molar-refractivity contribution in [2.45, 2.75) is 19.3 Å². The van der Waals surface area contributed by atoms with E-state index in [2.05, 4.69) is 24.9 Å². The monoisotopic (exact) mass is 213 g/mol. The molecule has 3 rings (SSSR count). The first-order valence-corrected chi connectivity index (χ1v) is 5.36. The van der Waals surface area contributed by atoms with E-state index in [0.29, 0.717) is 0 Å². The Morgan fingerprint density at radius 2 is 1.94 bits per heavy atom. The molecule has 1 aliphatic rings. The van der Waals surface area contributed by atoms with Gasteiger partial charge >= 0.3 is 0 Å². The van der Waals surface area contributed by atoms with Crippen molar-refractivity contribution >= 4 is 0 Å². The van der Waals surface area contributed by atoms with Crippen LogP contribution in [0, 0.1) is 5.82 Å². The van der Waals surface area contributed by atoms with E-state index in [0.717, 1.165) is 16.8 Å². The highest BCUT2D eigenvalue weighted by atomic mass is 19.1. The van der Waals surface area contributed by atoms with Crippen molar-refractivity contribution < 1.29 is 4.39 Å². The lowest BCUT2D eigenvalue weighted by atomic mass is 9.83. The van der Waals surface area contributed by atoms with Crippen LogP contribution in [0.2, 0.25) is 0 Å². The summed E-state index contributed by atoms with van der Waals surface area (Å²) in [7, 11) is 0. The Morgan fingerprint density at radius 1 is 1.12 bits per heavy atom. The molecule has 1 aromatic heterocycles. The number of nitrogens with zero attached hydrogens (tertiary/aromatic N) is 1. The smallest absolute Gasteiger partial charge is 0.123 e. The van der Waals surface area contributed by atoms with Crippen LogP contribution in [0.5, 0.6) is 0 Å². The van der Waals surface area contributed by atoms with Crippen LogP contribution in [0.25, 0.3) is 11.3 Å². The van der Waals surface area contributed by atoms with E-state index in [1.165, 1.54) is 11.6 Å². The molecule has 0 bridgehead atoms. The topological polar surface area (TPSA) is 12.9 Å². The van der Waals surface area contributed by atoms with Crippen molar-refractivity contribution in [1.29, 1.82) is 0 Å². The Bertz CT molecular complexity index is 573. The highest BCUT2D eigenvalue weighted by molar-refractivity contribution is 5.77. The minimum Gasteiger partial charge on any atom is -0.256 e. The molecule has 0 unspecified atom stereocenters. The summed E-state index contributed by atoms with van der Waals surface area (Å²) < 4.78 is 13.3. The van der Waals surface area contributed by atoms with Gasteiger partial charge in [0.15, 0.2) is 0 Å². The minimum atomic E-state index is -0.181. The van der Waals surface area contributed by atoms with Gasteiger partial charge in [0.25, 0.3) is 0 Å². The van der Waals surface area contributed by atoms with Gasteiger partial charge in [-0.3, -0.25) is 4.98 Å². The van der Waals surface area contributed by atoms with E-state index in [1.54, 1.807) is 12.3 Å². The normalized spacial score (nSPS) is 15.7. The van der Waals surface area contributed by atoms with Gasteiger partial charge in [-0.2, -0.15) is 0 Å². The molecule has 0 atom stereocenters. The Balaban J connectivity index is 2.39. The number of fused-ring (bicyclic) bond motifs is 3. The fourth-order valence-electron chi connectivity index (χ4n) is 2.51. The van der Waals surface area contributed by atoms with Gasteiger partial charge in [0.05, 0.1) is 5.69 Å². The number of hydrogen-bond donors (Lipinski definition) is 0. The van der Waals surface area contributed by atoms with Crippen LogP contribution >= 0.6 is 0 Å². The van der Waals surface area contributed by atoms with Gasteiger partial charge in [-0.25, -0.2) is 4.39 Å². The lowest BCUT2D eigenvalue weighted by molar-refractivity contribution is 0.609. The van der Waals surface area contributed by atoms with E-state index in [-0.39, 0.29) is 11.2 Å². The summed E-state index contributed by atoms with van der Waals surface area (Å²) in [5.74, 6) is -0.181. The molecule has 2 aromatic rings. The molecule has 16 heavy (non-hydrogen) atoms. The zero-order valence-electron chi connectivity index (χ0n) is 9.29. The van der Waals surface area contributed by atoms with E-state index >= 15 is 0 Å². The fourth-order valence-corrected chi connectivity index (χ4v) is 2.51. The van der Waals surface area contributed by atoms with Crippen LogP contribution in [-0.2, 0) is 5.41 Å². The van der Waals surface area contributed by atoms with E-state index < -0.39 is 0 Å².